The molecule has 2 rings (SSSR count). The predicted octanol–water partition coefficient (Wildman–Crippen LogP) is 3.85. The second kappa shape index (κ2) is 6.07. The smallest absolute Gasteiger partial charge is 0.0485 e. The highest BCUT2D eigenvalue weighted by atomic mass is 79.9. The van der Waals surface area contributed by atoms with Crippen molar-refractivity contribution >= 4 is 33.2 Å². The Morgan fingerprint density at radius 3 is 2.76 bits per heavy atom. The van der Waals surface area contributed by atoms with Crippen molar-refractivity contribution in [3.63, 3.8) is 0 Å². The first-order chi connectivity index (χ1) is 8.22. The zero-order valence-electron chi connectivity index (χ0n) is 9.96. The quantitative estimate of drug-likeness (QED) is 0.785. The van der Waals surface area contributed by atoms with E-state index in [0.29, 0.717) is 6.04 Å². The van der Waals surface area contributed by atoms with Crippen LogP contribution in [0.4, 0.5) is 5.69 Å². The molecule has 1 aliphatic heterocycles. The number of benzene rings is 1. The van der Waals surface area contributed by atoms with Crippen LogP contribution >= 0.6 is 27.5 Å². The second-order valence-corrected chi connectivity index (χ2v) is 5.36. The molecule has 94 valence electrons. The minimum Gasteiger partial charge on any atom is -0.381 e. The van der Waals surface area contributed by atoms with Crippen LogP contribution in [0.2, 0.25) is 5.02 Å². The molecule has 1 saturated heterocycles. The third kappa shape index (κ3) is 3.15. The molecule has 4 heteroatoms. The average Bonchev–Trinajstić information content (AvgIpc) is 2.39. The van der Waals surface area contributed by atoms with Crippen molar-refractivity contribution in [2.45, 2.75) is 24.2 Å². The molecule has 0 bridgehead atoms. The van der Waals surface area contributed by atoms with Crippen LogP contribution in [0.25, 0.3) is 0 Å². The van der Waals surface area contributed by atoms with Crippen LogP contribution < -0.4 is 4.90 Å². The fourth-order valence-corrected chi connectivity index (χ4v) is 2.92. The molecular weight excluding hydrogens is 302 g/mol. The van der Waals surface area contributed by atoms with Gasteiger partial charge in [0.15, 0.2) is 0 Å². The van der Waals surface area contributed by atoms with Gasteiger partial charge in [0.1, 0.15) is 0 Å². The molecule has 2 nitrogen and oxygen atoms in total. The molecule has 1 fully saturated rings. The van der Waals surface area contributed by atoms with Crippen LogP contribution in [0, 0.1) is 0 Å². The number of alkyl halides is 1. The number of hydrogen-bond acceptors (Lipinski definition) is 2. The maximum atomic E-state index is 6.03. The zero-order chi connectivity index (χ0) is 12.3. The highest BCUT2D eigenvalue weighted by molar-refractivity contribution is 9.08. The number of rotatable bonds is 3. The van der Waals surface area contributed by atoms with Gasteiger partial charge in [-0.05, 0) is 36.6 Å². The van der Waals surface area contributed by atoms with Gasteiger partial charge in [0, 0.05) is 42.3 Å². The van der Waals surface area contributed by atoms with Crippen molar-refractivity contribution in [2.24, 2.45) is 0 Å². The fraction of sp³-hybridized carbons (Fsp3) is 0.538. The fourth-order valence-electron chi connectivity index (χ4n) is 2.27. The van der Waals surface area contributed by atoms with Crippen molar-refractivity contribution in [2.75, 3.05) is 25.2 Å². The first-order valence-electron chi connectivity index (χ1n) is 5.87. The van der Waals surface area contributed by atoms with Crippen molar-refractivity contribution in [3.8, 4) is 0 Å². The van der Waals surface area contributed by atoms with Crippen LogP contribution in [-0.2, 0) is 10.1 Å². The average molecular weight is 319 g/mol. The molecule has 0 amide bonds. The van der Waals surface area contributed by atoms with E-state index in [9.17, 15) is 0 Å². The van der Waals surface area contributed by atoms with E-state index in [1.165, 1.54) is 11.3 Å². The Kier molecular flexibility index (Phi) is 4.71. The molecule has 0 aromatic heterocycles. The number of halogens is 2. The summed E-state index contributed by atoms with van der Waals surface area (Å²) in [5.74, 6) is 0. The van der Waals surface area contributed by atoms with Crippen molar-refractivity contribution in [1.82, 2.24) is 0 Å². The first-order valence-corrected chi connectivity index (χ1v) is 7.37. The summed E-state index contributed by atoms with van der Waals surface area (Å²) in [6.07, 6.45) is 2.20. The molecule has 17 heavy (non-hydrogen) atoms. The van der Waals surface area contributed by atoms with Gasteiger partial charge in [0.2, 0.25) is 0 Å². The summed E-state index contributed by atoms with van der Waals surface area (Å²) in [5, 5.41) is 1.62. The van der Waals surface area contributed by atoms with E-state index in [-0.39, 0.29) is 0 Å². The topological polar surface area (TPSA) is 12.5 Å². The minimum atomic E-state index is 0.572. The molecular formula is C13H17BrClNO. The van der Waals surface area contributed by atoms with Crippen molar-refractivity contribution in [3.05, 3.63) is 28.8 Å². The monoisotopic (exact) mass is 317 g/mol. The third-order valence-electron chi connectivity index (χ3n) is 3.30. The predicted molar refractivity (Wildman–Crippen MR) is 76.3 cm³/mol. The first kappa shape index (κ1) is 13.2. The molecule has 1 aromatic rings. The molecule has 0 unspecified atom stereocenters. The molecule has 0 N–H and O–H groups in total. The number of ether oxygens (including phenoxy) is 1. The highest BCUT2D eigenvalue weighted by Gasteiger charge is 2.20. The summed E-state index contributed by atoms with van der Waals surface area (Å²) in [6, 6.07) is 6.66. The number of anilines is 1. The Morgan fingerprint density at radius 1 is 1.41 bits per heavy atom. The van der Waals surface area contributed by atoms with E-state index in [0.717, 1.165) is 36.4 Å². The van der Waals surface area contributed by atoms with Crippen LogP contribution in [0.5, 0.6) is 0 Å². The highest BCUT2D eigenvalue weighted by Crippen LogP contribution is 2.28. The van der Waals surface area contributed by atoms with E-state index < -0.39 is 0 Å². The second-order valence-electron chi connectivity index (χ2n) is 4.36. The zero-order valence-corrected chi connectivity index (χ0v) is 12.3. The summed E-state index contributed by atoms with van der Waals surface area (Å²) in [6.45, 7) is 1.73. The van der Waals surface area contributed by atoms with Crippen molar-refractivity contribution < 1.29 is 4.74 Å². The summed E-state index contributed by atoms with van der Waals surface area (Å²) in [4.78, 5) is 2.36. The van der Waals surface area contributed by atoms with Gasteiger partial charge in [-0.15, -0.1) is 0 Å². The third-order valence-corrected chi connectivity index (χ3v) is 4.14. The molecule has 0 atom stereocenters. The molecule has 1 aliphatic rings. The maximum absolute atomic E-state index is 6.03. The SMILES string of the molecule is CN(c1ccc(Cl)cc1CBr)C1CCOCC1. The summed E-state index contributed by atoms with van der Waals surface area (Å²) in [7, 11) is 2.16. The molecule has 0 saturated carbocycles. The van der Waals surface area contributed by atoms with Gasteiger partial charge < -0.3 is 9.64 Å². The Bertz CT molecular complexity index is 380. The lowest BCUT2D eigenvalue weighted by atomic mass is 10.1. The van der Waals surface area contributed by atoms with E-state index in [2.05, 4.69) is 33.9 Å². The van der Waals surface area contributed by atoms with Crippen LogP contribution in [0.3, 0.4) is 0 Å². The lowest BCUT2D eigenvalue weighted by Crippen LogP contribution is -2.37. The molecule has 1 aromatic carbocycles. The maximum Gasteiger partial charge on any atom is 0.0485 e. The van der Waals surface area contributed by atoms with E-state index in [4.69, 9.17) is 16.3 Å². The van der Waals surface area contributed by atoms with Gasteiger partial charge in [-0.3, -0.25) is 0 Å². The van der Waals surface area contributed by atoms with Crippen LogP contribution in [-0.4, -0.2) is 26.3 Å². The lowest BCUT2D eigenvalue weighted by molar-refractivity contribution is 0.0854. The van der Waals surface area contributed by atoms with Gasteiger partial charge in [0.05, 0.1) is 0 Å². The van der Waals surface area contributed by atoms with Gasteiger partial charge in [-0.25, -0.2) is 0 Å². The Labute approximate surface area is 116 Å². The minimum absolute atomic E-state index is 0.572. The number of nitrogens with zero attached hydrogens (tertiary/aromatic N) is 1. The Morgan fingerprint density at radius 2 is 2.12 bits per heavy atom. The van der Waals surface area contributed by atoms with E-state index in [1.54, 1.807) is 0 Å². The van der Waals surface area contributed by atoms with Gasteiger partial charge in [0.25, 0.3) is 0 Å². The summed E-state index contributed by atoms with van der Waals surface area (Å²) >= 11 is 9.55. The standard InChI is InChI=1S/C13H17BrClNO/c1-16(12-4-6-17-7-5-12)13-3-2-11(15)8-10(13)9-14/h2-3,8,12H,4-7,9H2,1H3. The summed E-state index contributed by atoms with van der Waals surface area (Å²) in [5.41, 5.74) is 2.50. The molecule has 0 radical (unpaired) electrons. The lowest BCUT2D eigenvalue weighted by Gasteiger charge is -2.34. The van der Waals surface area contributed by atoms with Gasteiger partial charge >= 0.3 is 0 Å². The van der Waals surface area contributed by atoms with E-state index in [1.807, 2.05) is 12.1 Å². The largest absolute Gasteiger partial charge is 0.381 e. The van der Waals surface area contributed by atoms with Crippen LogP contribution in [0.1, 0.15) is 18.4 Å². The molecule has 0 aliphatic carbocycles. The molecule has 1 heterocycles. The molecule has 0 spiro atoms. The summed E-state index contributed by atoms with van der Waals surface area (Å²) < 4.78 is 5.40. The van der Waals surface area contributed by atoms with Gasteiger partial charge in [-0.2, -0.15) is 0 Å². The van der Waals surface area contributed by atoms with E-state index >= 15 is 0 Å². The Hall–Kier alpha value is -0.250. The number of hydrogen-bond donors (Lipinski definition) is 0. The van der Waals surface area contributed by atoms with Crippen LogP contribution in [0.15, 0.2) is 18.2 Å². The normalized spacial score (nSPS) is 17.1. The Balaban J connectivity index is 2.19. The van der Waals surface area contributed by atoms with Crippen molar-refractivity contribution in [1.29, 1.82) is 0 Å². The van der Waals surface area contributed by atoms with Gasteiger partial charge in [-0.1, -0.05) is 27.5 Å².